The van der Waals surface area contributed by atoms with Crippen molar-refractivity contribution < 1.29 is 19.7 Å². The summed E-state index contributed by atoms with van der Waals surface area (Å²) in [5.74, 6) is -0.362. The summed E-state index contributed by atoms with van der Waals surface area (Å²) in [5, 5.41) is 21.5. The van der Waals surface area contributed by atoms with Gasteiger partial charge >= 0.3 is 5.97 Å². The summed E-state index contributed by atoms with van der Waals surface area (Å²) >= 11 is 0. The fraction of sp³-hybridized carbons (Fsp3) is 0.350. The zero-order valence-corrected chi connectivity index (χ0v) is 14.3. The SMILES string of the molecule is COC(=O)c1cccc(CN2CC[C@](O)(c3ccccc3)[C@@H](O)C2)c1. The van der Waals surface area contributed by atoms with E-state index in [1.54, 1.807) is 12.1 Å². The number of ether oxygens (including phenoxy) is 1. The molecule has 5 heteroatoms. The first kappa shape index (κ1) is 17.6. The van der Waals surface area contributed by atoms with Crippen molar-refractivity contribution in [2.24, 2.45) is 0 Å². The minimum Gasteiger partial charge on any atom is -0.465 e. The lowest BCUT2D eigenvalue weighted by atomic mass is 9.82. The van der Waals surface area contributed by atoms with Crippen molar-refractivity contribution in [3.63, 3.8) is 0 Å². The lowest BCUT2D eigenvalue weighted by Gasteiger charge is -2.42. The third-order valence-electron chi connectivity index (χ3n) is 4.82. The van der Waals surface area contributed by atoms with E-state index in [-0.39, 0.29) is 5.97 Å². The Morgan fingerprint density at radius 2 is 2.00 bits per heavy atom. The van der Waals surface area contributed by atoms with Crippen molar-refractivity contribution in [2.45, 2.75) is 24.7 Å². The second-order valence-electron chi connectivity index (χ2n) is 6.48. The van der Waals surface area contributed by atoms with Crippen LogP contribution in [0.5, 0.6) is 0 Å². The Kier molecular flexibility index (Phi) is 5.18. The van der Waals surface area contributed by atoms with Crippen molar-refractivity contribution in [2.75, 3.05) is 20.2 Å². The molecule has 0 unspecified atom stereocenters. The van der Waals surface area contributed by atoms with Crippen LogP contribution in [-0.4, -0.2) is 47.4 Å². The van der Waals surface area contributed by atoms with E-state index in [0.717, 1.165) is 11.1 Å². The van der Waals surface area contributed by atoms with Crippen LogP contribution in [0, 0.1) is 0 Å². The minimum atomic E-state index is -1.22. The Bertz CT molecular complexity index is 733. The van der Waals surface area contributed by atoms with Crippen LogP contribution in [0.4, 0.5) is 0 Å². The molecule has 2 aromatic carbocycles. The Balaban J connectivity index is 1.69. The smallest absolute Gasteiger partial charge is 0.337 e. The Morgan fingerprint density at radius 3 is 2.68 bits per heavy atom. The van der Waals surface area contributed by atoms with Gasteiger partial charge in [-0.1, -0.05) is 42.5 Å². The number of aliphatic hydroxyl groups is 2. The van der Waals surface area contributed by atoms with E-state index >= 15 is 0 Å². The van der Waals surface area contributed by atoms with Crippen molar-refractivity contribution in [1.29, 1.82) is 0 Å². The minimum absolute atomic E-state index is 0.362. The summed E-state index contributed by atoms with van der Waals surface area (Å²) in [6, 6.07) is 16.6. The molecule has 132 valence electrons. The first-order valence-corrected chi connectivity index (χ1v) is 8.38. The molecule has 0 aliphatic carbocycles. The zero-order valence-electron chi connectivity index (χ0n) is 14.3. The fourth-order valence-corrected chi connectivity index (χ4v) is 3.36. The normalized spacial score (nSPS) is 24.0. The van der Waals surface area contributed by atoms with Crippen molar-refractivity contribution in [3.05, 3.63) is 71.3 Å². The molecule has 2 atom stereocenters. The molecule has 1 saturated heterocycles. The first-order chi connectivity index (χ1) is 12.0. The van der Waals surface area contributed by atoms with Crippen LogP contribution in [0.15, 0.2) is 54.6 Å². The molecule has 0 spiro atoms. The highest BCUT2D eigenvalue weighted by molar-refractivity contribution is 5.89. The van der Waals surface area contributed by atoms with Gasteiger partial charge in [-0.25, -0.2) is 4.79 Å². The number of carbonyl (C=O) groups excluding carboxylic acids is 1. The van der Waals surface area contributed by atoms with Crippen LogP contribution in [0.3, 0.4) is 0 Å². The van der Waals surface area contributed by atoms with E-state index in [1.165, 1.54) is 7.11 Å². The highest BCUT2D eigenvalue weighted by Crippen LogP contribution is 2.33. The summed E-state index contributed by atoms with van der Waals surface area (Å²) in [7, 11) is 1.36. The number of hydrogen-bond donors (Lipinski definition) is 2. The third-order valence-corrected chi connectivity index (χ3v) is 4.82. The largest absolute Gasteiger partial charge is 0.465 e. The number of benzene rings is 2. The molecule has 0 saturated carbocycles. The Hall–Kier alpha value is -2.21. The van der Waals surface area contributed by atoms with E-state index < -0.39 is 11.7 Å². The van der Waals surface area contributed by atoms with Gasteiger partial charge in [0, 0.05) is 19.6 Å². The number of hydrogen-bond acceptors (Lipinski definition) is 5. The van der Waals surface area contributed by atoms with Gasteiger partial charge in [-0.15, -0.1) is 0 Å². The number of carbonyl (C=O) groups is 1. The van der Waals surface area contributed by atoms with Crippen molar-refractivity contribution in [3.8, 4) is 0 Å². The van der Waals surface area contributed by atoms with Gasteiger partial charge in [-0.2, -0.15) is 0 Å². The van der Waals surface area contributed by atoms with Crippen LogP contribution >= 0.6 is 0 Å². The van der Waals surface area contributed by atoms with Crippen LogP contribution < -0.4 is 0 Å². The van der Waals surface area contributed by atoms with Gasteiger partial charge in [0.15, 0.2) is 0 Å². The fourth-order valence-electron chi connectivity index (χ4n) is 3.36. The van der Waals surface area contributed by atoms with E-state index in [0.29, 0.717) is 31.6 Å². The maximum absolute atomic E-state index is 11.6. The zero-order chi connectivity index (χ0) is 17.9. The highest BCUT2D eigenvalue weighted by Gasteiger charge is 2.41. The van der Waals surface area contributed by atoms with E-state index in [9.17, 15) is 15.0 Å². The number of aliphatic hydroxyl groups excluding tert-OH is 1. The molecule has 1 aliphatic rings. The predicted molar refractivity (Wildman–Crippen MR) is 94.0 cm³/mol. The summed E-state index contributed by atoms with van der Waals surface area (Å²) in [6.07, 6.45) is -0.415. The number of rotatable bonds is 4. The van der Waals surface area contributed by atoms with Crippen LogP contribution in [0.2, 0.25) is 0 Å². The lowest BCUT2D eigenvalue weighted by Crippen LogP contribution is -2.53. The molecule has 5 nitrogen and oxygen atoms in total. The second-order valence-corrected chi connectivity index (χ2v) is 6.48. The Labute approximate surface area is 147 Å². The molecule has 1 aliphatic heterocycles. The molecule has 1 heterocycles. The maximum Gasteiger partial charge on any atom is 0.337 e. The number of likely N-dealkylation sites (tertiary alicyclic amines) is 1. The number of methoxy groups -OCH3 is 1. The molecule has 3 rings (SSSR count). The molecule has 2 N–H and O–H groups in total. The topological polar surface area (TPSA) is 70.0 Å². The van der Waals surface area contributed by atoms with Gasteiger partial charge in [-0.05, 0) is 29.7 Å². The van der Waals surface area contributed by atoms with Gasteiger partial charge in [0.1, 0.15) is 5.60 Å². The van der Waals surface area contributed by atoms with E-state index in [4.69, 9.17) is 4.74 Å². The van der Waals surface area contributed by atoms with Gasteiger partial charge in [0.05, 0.1) is 18.8 Å². The predicted octanol–water partition coefficient (Wildman–Crippen LogP) is 1.93. The average molecular weight is 341 g/mol. The lowest BCUT2D eigenvalue weighted by molar-refractivity contribution is -0.126. The summed E-state index contributed by atoms with van der Waals surface area (Å²) in [5.41, 5.74) is 1.01. The molecule has 0 amide bonds. The van der Waals surface area contributed by atoms with Gasteiger partial charge in [-0.3, -0.25) is 4.90 Å². The molecular formula is C20H23NO4. The summed E-state index contributed by atoms with van der Waals surface area (Å²) in [6.45, 7) is 1.63. The van der Waals surface area contributed by atoms with E-state index in [2.05, 4.69) is 4.90 Å². The molecule has 1 fully saturated rings. The van der Waals surface area contributed by atoms with Crippen molar-refractivity contribution >= 4 is 5.97 Å². The van der Waals surface area contributed by atoms with Gasteiger partial charge in [0.2, 0.25) is 0 Å². The number of β-amino-alcohol motifs (C(OH)–C–C–N with tert-alkyl or cyclic N) is 1. The van der Waals surface area contributed by atoms with Crippen LogP contribution in [0.25, 0.3) is 0 Å². The molecule has 0 bridgehead atoms. The highest BCUT2D eigenvalue weighted by atomic mass is 16.5. The third kappa shape index (κ3) is 3.74. The maximum atomic E-state index is 11.6. The monoisotopic (exact) mass is 341 g/mol. The molecule has 0 radical (unpaired) electrons. The van der Waals surface area contributed by atoms with Crippen LogP contribution in [-0.2, 0) is 16.9 Å². The summed E-state index contributed by atoms with van der Waals surface area (Å²) < 4.78 is 4.75. The number of nitrogens with zero attached hydrogens (tertiary/aromatic N) is 1. The quantitative estimate of drug-likeness (QED) is 0.832. The first-order valence-electron chi connectivity index (χ1n) is 8.38. The standard InChI is InChI=1S/C20H23NO4/c1-25-19(23)16-7-5-6-15(12-16)13-21-11-10-20(24,18(22)14-21)17-8-3-2-4-9-17/h2-9,12,18,22,24H,10-11,13-14H2,1H3/t18-,20-/m0/s1. The second kappa shape index (κ2) is 7.35. The summed E-state index contributed by atoms with van der Waals surface area (Å²) in [4.78, 5) is 13.7. The molecule has 25 heavy (non-hydrogen) atoms. The molecular weight excluding hydrogens is 318 g/mol. The molecule has 2 aromatic rings. The van der Waals surface area contributed by atoms with Crippen molar-refractivity contribution in [1.82, 2.24) is 4.90 Å². The number of esters is 1. The van der Waals surface area contributed by atoms with Gasteiger partial charge in [0.25, 0.3) is 0 Å². The van der Waals surface area contributed by atoms with Crippen LogP contribution in [0.1, 0.15) is 27.9 Å². The van der Waals surface area contributed by atoms with E-state index in [1.807, 2.05) is 42.5 Å². The molecule has 0 aromatic heterocycles. The number of piperidine rings is 1. The average Bonchev–Trinajstić information content (AvgIpc) is 2.65. The van der Waals surface area contributed by atoms with Gasteiger partial charge < -0.3 is 14.9 Å². The Morgan fingerprint density at radius 1 is 1.24 bits per heavy atom.